The van der Waals surface area contributed by atoms with Crippen molar-refractivity contribution in [1.29, 1.82) is 0 Å². The van der Waals surface area contributed by atoms with Gasteiger partial charge in [-0.1, -0.05) is 6.07 Å². The Labute approximate surface area is 118 Å². The molecule has 1 aliphatic heterocycles. The van der Waals surface area contributed by atoms with Gasteiger partial charge in [-0.25, -0.2) is 0 Å². The zero-order valence-electron chi connectivity index (χ0n) is 11.6. The summed E-state index contributed by atoms with van der Waals surface area (Å²) in [4.78, 5) is 12.7. The zero-order chi connectivity index (χ0) is 13.7. The number of hydrogen-bond acceptors (Lipinski definition) is 4. The number of methoxy groups -OCH3 is 1. The Morgan fingerprint density at radius 1 is 1.25 bits per heavy atom. The van der Waals surface area contributed by atoms with Gasteiger partial charge in [0.05, 0.1) is 20.3 Å². The quantitative estimate of drug-likeness (QED) is 0.789. The second-order valence-electron chi connectivity index (χ2n) is 5.88. The average Bonchev–Trinajstić information content (AvgIpc) is 3.04. The van der Waals surface area contributed by atoms with Crippen LogP contribution in [-0.4, -0.2) is 31.9 Å². The molecule has 1 aromatic carbocycles. The van der Waals surface area contributed by atoms with Gasteiger partial charge in [-0.05, 0) is 30.0 Å². The van der Waals surface area contributed by atoms with Crippen molar-refractivity contribution in [2.24, 2.45) is 5.92 Å². The summed E-state index contributed by atoms with van der Waals surface area (Å²) in [5.41, 5.74) is 2.00. The molecule has 1 saturated carbocycles. The highest BCUT2D eigenvalue weighted by molar-refractivity contribution is 6.03. The third-order valence-electron chi connectivity index (χ3n) is 4.93. The van der Waals surface area contributed by atoms with E-state index in [1.165, 1.54) is 5.56 Å². The van der Waals surface area contributed by atoms with E-state index in [-0.39, 0.29) is 11.7 Å². The van der Waals surface area contributed by atoms with Crippen LogP contribution in [0.1, 0.15) is 41.1 Å². The van der Waals surface area contributed by atoms with E-state index in [0.717, 1.165) is 24.2 Å². The molecule has 106 valence electrons. The van der Waals surface area contributed by atoms with Gasteiger partial charge in [0.1, 0.15) is 5.75 Å². The Morgan fingerprint density at radius 3 is 2.80 bits per heavy atom. The summed E-state index contributed by atoms with van der Waals surface area (Å²) in [5.74, 6) is 0.801. The topological polar surface area (TPSA) is 44.8 Å². The molecule has 2 fully saturated rings. The number of rotatable bonds is 1. The lowest BCUT2D eigenvalue weighted by molar-refractivity contribution is -0.185. The van der Waals surface area contributed by atoms with Crippen LogP contribution in [0.4, 0.5) is 0 Å². The molecule has 0 radical (unpaired) electrons. The highest BCUT2D eigenvalue weighted by atomic mass is 16.7. The van der Waals surface area contributed by atoms with Crippen LogP contribution in [0, 0.1) is 5.92 Å². The molecule has 2 aliphatic carbocycles. The van der Waals surface area contributed by atoms with Crippen LogP contribution < -0.4 is 4.74 Å². The summed E-state index contributed by atoms with van der Waals surface area (Å²) < 4.78 is 16.8. The second-order valence-corrected chi connectivity index (χ2v) is 5.88. The van der Waals surface area contributed by atoms with Gasteiger partial charge in [0, 0.05) is 24.3 Å². The standard InChI is InChI=1S/C16H18O4/c1-18-10-2-3-11-12-4-5-16(19-6-7-20-16)9-14(12)15(17)13(11)8-10/h2-3,8,12,14H,4-7,9H2,1H3/t12-,14-/m0/s1. The van der Waals surface area contributed by atoms with Crippen molar-refractivity contribution in [3.63, 3.8) is 0 Å². The van der Waals surface area contributed by atoms with Crippen LogP contribution in [-0.2, 0) is 9.47 Å². The van der Waals surface area contributed by atoms with E-state index in [1.807, 2.05) is 18.2 Å². The van der Waals surface area contributed by atoms with Crippen LogP contribution in [0.2, 0.25) is 0 Å². The molecule has 1 aromatic rings. The third kappa shape index (κ3) is 1.64. The van der Waals surface area contributed by atoms with Gasteiger partial charge in [0.2, 0.25) is 0 Å². The predicted molar refractivity (Wildman–Crippen MR) is 72.0 cm³/mol. The first kappa shape index (κ1) is 12.4. The number of benzene rings is 1. The van der Waals surface area contributed by atoms with E-state index >= 15 is 0 Å². The zero-order valence-corrected chi connectivity index (χ0v) is 11.6. The molecule has 4 rings (SSSR count). The van der Waals surface area contributed by atoms with Crippen molar-refractivity contribution in [2.75, 3.05) is 20.3 Å². The van der Waals surface area contributed by atoms with Gasteiger partial charge in [-0.15, -0.1) is 0 Å². The van der Waals surface area contributed by atoms with Crippen molar-refractivity contribution in [3.8, 4) is 5.75 Å². The van der Waals surface area contributed by atoms with Crippen LogP contribution in [0.25, 0.3) is 0 Å². The predicted octanol–water partition coefficient (Wildman–Crippen LogP) is 2.52. The Kier molecular flexibility index (Phi) is 2.66. The fourth-order valence-electron chi connectivity index (χ4n) is 3.96. The van der Waals surface area contributed by atoms with Gasteiger partial charge in [-0.2, -0.15) is 0 Å². The Morgan fingerprint density at radius 2 is 2.05 bits per heavy atom. The van der Waals surface area contributed by atoms with Gasteiger partial charge in [0.25, 0.3) is 0 Å². The molecule has 20 heavy (non-hydrogen) atoms. The summed E-state index contributed by atoms with van der Waals surface area (Å²) in [6.07, 6.45) is 2.52. The van der Waals surface area contributed by atoms with E-state index in [4.69, 9.17) is 14.2 Å². The van der Waals surface area contributed by atoms with E-state index < -0.39 is 5.79 Å². The molecule has 4 nitrogen and oxygen atoms in total. The maximum Gasteiger partial charge on any atom is 0.169 e. The largest absolute Gasteiger partial charge is 0.497 e. The first-order chi connectivity index (χ1) is 9.72. The number of carbonyl (C=O) groups is 1. The number of ether oxygens (including phenoxy) is 3. The van der Waals surface area contributed by atoms with Crippen molar-refractivity contribution in [3.05, 3.63) is 29.3 Å². The van der Waals surface area contributed by atoms with Crippen LogP contribution in [0.15, 0.2) is 18.2 Å². The third-order valence-corrected chi connectivity index (χ3v) is 4.93. The summed E-state index contributed by atoms with van der Waals surface area (Å²) in [6, 6.07) is 5.87. The smallest absolute Gasteiger partial charge is 0.169 e. The van der Waals surface area contributed by atoms with Crippen molar-refractivity contribution >= 4 is 5.78 Å². The summed E-state index contributed by atoms with van der Waals surface area (Å²) in [5, 5.41) is 0. The Balaban J connectivity index is 1.68. The van der Waals surface area contributed by atoms with Crippen LogP contribution >= 0.6 is 0 Å². The number of fused-ring (bicyclic) bond motifs is 3. The number of carbonyl (C=O) groups excluding carboxylic acids is 1. The monoisotopic (exact) mass is 274 g/mol. The molecule has 1 spiro atoms. The minimum atomic E-state index is -0.497. The van der Waals surface area contributed by atoms with Crippen LogP contribution in [0.5, 0.6) is 5.75 Å². The van der Waals surface area contributed by atoms with E-state index in [9.17, 15) is 4.79 Å². The van der Waals surface area contributed by atoms with Crippen molar-refractivity contribution in [2.45, 2.75) is 31.0 Å². The fraction of sp³-hybridized carbons (Fsp3) is 0.562. The molecule has 2 atom stereocenters. The SMILES string of the molecule is COc1ccc2c(c1)C(=O)[C@H]1CC3(CC[C@@H]21)OCCO3. The lowest BCUT2D eigenvalue weighted by Crippen LogP contribution is -2.39. The average molecular weight is 274 g/mol. The van der Waals surface area contributed by atoms with E-state index in [0.29, 0.717) is 25.6 Å². The molecule has 0 N–H and O–H groups in total. The minimum absolute atomic E-state index is 0.00366. The molecular weight excluding hydrogens is 256 g/mol. The maximum atomic E-state index is 12.7. The van der Waals surface area contributed by atoms with E-state index in [2.05, 4.69) is 0 Å². The summed E-state index contributed by atoms with van der Waals surface area (Å²) in [6.45, 7) is 1.29. The lowest BCUT2D eigenvalue weighted by Gasteiger charge is -2.37. The summed E-state index contributed by atoms with van der Waals surface area (Å²) >= 11 is 0. The molecule has 0 amide bonds. The minimum Gasteiger partial charge on any atom is -0.497 e. The first-order valence-corrected chi connectivity index (χ1v) is 7.22. The van der Waals surface area contributed by atoms with Crippen LogP contribution in [0.3, 0.4) is 0 Å². The van der Waals surface area contributed by atoms with Gasteiger partial charge < -0.3 is 14.2 Å². The Hall–Kier alpha value is -1.39. The maximum absolute atomic E-state index is 12.7. The molecule has 0 aromatic heterocycles. The number of ketones is 1. The lowest BCUT2D eigenvalue weighted by atomic mass is 9.76. The molecule has 1 saturated heterocycles. The molecule has 1 heterocycles. The summed E-state index contributed by atoms with van der Waals surface area (Å²) in [7, 11) is 1.63. The second kappa shape index (κ2) is 4.30. The molecular formula is C16H18O4. The molecule has 4 heteroatoms. The molecule has 0 unspecified atom stereocenters. The van der Waals surface area contributed by atoms with Gasteiger partial charge in [0.15, 0.2) is 11.6 Å². The highest BCUT2D eigenvalue weighted by Crippen LogP contribution is 2.52. The highest BCUT2D eigenvalue weighted by Gasteiger charge is 2.51. The Bertz CT molecular complexity index is 560. The molecule has 0 bridgehead atoms. The number of hydrogen-bond donors (Lipinski definition) is 0. The number of Topliss-reactive ketones (excluding diaryl/α,β-unsaturated/α-hetero) is 1. The fourth-order valence-corrected chi connectivity index (χ4v) is 3.96. The normalized spacial score (nSPS) is 30.4. The van der Waals surface area contributed by atoms with Gasteiger partial charge >= 0.3 is 0 Å². The first-order valence-electron chi connectivity index (χ1n) is 7.22. The van der Waals surface area contributed by atoms with Crippen molar-refractivity contribution in [1.82, 2.24) is 0 Å². The van der Waals surface area contributed by atoms with Crippen molar-refractivity contribution < 1.29 is 19.0 Å². The van der Waals surface area contributed by atoms with E-state index in [1.54, 1.807) is 7.11 Å². The van der Waals surface area contributed by atoms with Gasteiger partial charge in [-0.3, -0.25) is 4.79 Å². The molecule has 3 aliphatic rings.